The molecule has 5 heteroatoms. The second-order valence-corrected chi connectivity index (χ2v) is 3.78. The van der Waals surface area contributed by atoms with Crippen LogP contribution in [-0.2, 0) is 0 Å². The van der Waals surface area contributed by atoms with E-state index in [-0.39, 0.29) is 6.04 Å². The summed E-state index contributed by atoms with van der Waals surface area (Å²) in [5.74, 6) is 0. The van der Waals surface area contributed by atoms with Gasteiger partial charge >= 0.3 is 0 Å². The summed E-state index contributed by atoms with van der Waals surface area (Å²) < 4.78 is 1.94. The van der Waals surface area contributed by atoms with Crippen molar-refractivity contribution in [3.63, 3.8) is 0 Å². The topological polar surface area (TPSA) is 68.8 Å². The van der Waals surface area contributed by atoms with Crippen molar-refractivity contribution in [2.75, 3.05) is 13.1 Å². The highest BCUT2D eigenvalue weighted by Gasteiger charge is 2.18. The zero-order valence-electron chi connectivity index (χ0n) is 8.48. The summed E-state index contributed by atoms with van der Waals surface area (Å²) in [6.45, 7) is 4.12. The molecular formula is C9H17N5. The molecule has 2 heterocycles. The summed E-state index contributed by atoms with van der Waals surface area (Å²) in [6.07, 6.45) is 4.01. The first-order valence-electron chi connectivity index (χ1n) is 5.19. The van der Waals surface area contributed by atoms with Gasteiger partial charge in [-0.15, -0.1) is 5.10 Å². The highest BCUT2D eigenvalue weighted by Crippen LogP contribution is 2.16. The molecule has 5 nitrogen and oxygen atoms in total. The third kappa shape index (κ3) is 1.78. The predicted octanol–water partition coefficient (Wildman–Crippen LogP) is 0.222. The van der Waals surface area contributed by atoms with Crippen molar-refractivity contribution in [2.24, 2.45) is 5.73 Å². The van der Waals surface area contributed by atoms with E-state index < -0.39 is 0 Å². The monoisotopic (exact) mass is 195 g/mol. The largest absolute Gasteiger partial charge is 0.323 e. The third-order valence-corrected chi connectivity index (χ3v) is 2.76. The van der Waals surface area contributed by atoms with E-state index in [1.165, 1.54) is 0 Å². The molecule has 0 aromatic carbocycles. The molecule has 0 unspecified atom stereocenters. The third-order valence-electron chi connectivity index (χ3n) is 2.76. The van der Waals surface area contributed by atoms with Crippen LogP contribution in [0.3, 0.4) is 0 Å². The Hall–Kier alpha value is -0.940. The Morgan fingerprint density at radius 2 is 2.64 bits per heavy atom. The smallest absolute Gasteiger partial charge is 0.0994 e. The second-order valence-electron chi connectivity index (χ2n) is 3.78. The second kappa shape index (κ2) is 4.06. The Balaban J connectivity index is 2.08. The molecular weight excluding hydrogens is 178 g/mol. The van der Waals surface area contributed by atoms with E-state index in [1.807, 2.05) is 10.9 Å². The highest BCUT2D eigenvalue weighted by atomic mass is 15.4. The lowest BCUT2D eigenvalue weighted by atomic mass is 10.2. The van der Waals surface area contributed by atoms with Crippen LogP contribution >= 0.6 is 0 Å². The Kier molecular flexibility index (Phi) is 2.79. The maximum Gasteiger partial charge on any atom is 0.0994 e. The van der Waals surface area contributed by atoms with Crippen LogP contribution in [0.25, 0.3) is 0 Å². The van der Waals surface area contributed by atoms with Gasteiger partial charge in [-0.05, 0) is 19.4 Å². The minimum Gasteiger partial charge on any atom is -0.323 e. The fourth-order valence-corrected chi connectivity index (χ4v) is 1.71. The fraction of sp³-hybridized carbons (Fsp3) is 0.778. The number of nitrogens with zero attached hydrogens (tertiary/aromatic N) is 3. The van der Waals surface area contributed by atoms with Crippen LogP contribution in [0.4, 0.5) is 0 Å². The molecule has 0 spiro atoms. The van der Waals surface area contributed by atoms with Gasteiger partial charge in [0, 0.05) is 6.54 Å². The van der Waals surface area contributed by atoms with Gasteiger partial charge in [-0.2, -0.15) is 0 Å². The lowest BCUT2D eigenvalue weighted by Crippen LogP contribution is -2.14. The molecule has 1 aromatic rings. The van der Waals surface area contributed by atoms with Crippen LogP contribution in [0.1, 0.15) is 37.5 Å². The number of rotatable bonds is 3. The number of nitrogens with two attached hydrogens (primary N) is 1. The number of hydrogen-bond acceptors (Lipinski definition) is 4. The first-order valence-corrected chi connectivity index (χ1v) is 5.19. The number of nitrogens with one attached hydrogen (secondary N) is 1. The van der Waals surface area contributed by atoms with Crippen LogP contribution in [0.2, 0.25) is 0 Å². The Labute approximate surface area is 83.7 Å². The summed E-state index contributed by atoms with van der Waals surface area (Å²) in [6, 6.07) is 0.485. The Bertz CT molecular complexity index is 289. The van der Waals surface area contributed by atoms with Gasteiger partial charge in [0.1, 0.15) is 0 Å². The van der Waals surface area contributed by atoms with Crippen molar-refractivity contribution in [2.45, 2.75) is 31.8 Å². The van der Waals surface area contributed by atoms with Crippen LogP contribution in [-0.4, -0.2) is 28.1 Å². The normalized spacial score (nSPS) is 24.0. The summed E-state index contributed by atoms with van der Waals surface area (Å²) in [5, 5.41) is 11.5. The Morgan fingerprint density at radius 1 is 1.79 bits per heavy atom. The standard InChI is InChI=1S/C9H17N5/c1-2-8(10)9-6-14(13-12-9)7-3-4-11-5-7/h6-8,11H,2-5,10H2,1H3/t7-,8+/m1/s1. The van der Waals surface area contributed by atoms with Gasteiger partial charge in [0.15, 0.2) is 0 Å². The molecule has 2 atom stereocenters. The molecule has 78 valence electrons. The molecule has 1 aromatic heterocycles. The molecule has 2 rings (SSSR count). The van der Waals surface area contributed by atoms with Gasteiger partial charge in [0.25, 0.3) is 0 Å². The van der Waals surface area contributed by atoms with Crippen LogP contribution < -0.4 is 11.1 Å². The molecule has 14 heavy (non-hydrogen) atoms. The van der Waals surface area contributed by atoms with Crippen molar-refractivity contribution >= 4 is 0 Å². The van der Waals surface area contributed by atoms with Crippen LogP contribution in [0.5, 0.6) is 0 Å². The quantitative estimate of drug-likeness (QED) is 0.724. The zero-order valence-corrected chi connectivity index (χ0v) is 8.48. The Morgan fingerprint density at radius 3 is 3.29 bits per heavy atom. The van der Waals surface area contributed by atoms with Gasteiger partial charge in [-0.3, -0.25) is 0 Å². The van der Waals surface area contributed by atoms with Gasteiger partial charge in [0.05, 0.1) is 24.0 Å². The fourth-order valence-electron chi connectivity index (χ4n) is 1.71. The van der Waals surface area contributed by atoms with E-state index in [0.29, 0.717) is 6.04 Å². The molecule has 0 amide bonds. The zero-order chi connectivity index (χ0) is 9.97. The average molecular weight is 195 g/mol. The maximum atomic E-state index is 5.87. The summed E-state index contributed by atoms with van der Waals surface area (Å²) in [5.41, 5.74) is 6.78. The van der Waals surface area contributed by atoms with E-state index in [2.05, 4.69) is 22.6 Å². The lowest BCUT2D eigenvalue weighted by Gasteiger charge is -2.06. The molecule has 0 saturated carbocycles. The van der Waals surface area contributed by atoms with E-state index in [0.717, 1.165) is 31.6 Å². The minimum atomic E-state index is 0.0260. The maximum absolute atomic E-state index is 5.87. The number of hydrogen-bond donors (Lipinski definition) is 2. The summed E-state index contributed by atoms with van der Waals surface area (Å²) in [7, 11) is 0. The average Bonchev–Trinajstić information content (AvgIpc) is 2.86. The van der Waals surface area contributed by atoms with E-state index in [9.17, 15) is 0 Å². The first-order chi connectivity index (χ1) is 6.81. The SMILES string of the molecule is CC[C@H](N)c1cn([C@@H]2CCNC2)nn1. The van der Waals surface area contributed by atoms with Gasteiger partial charge in [-0.1, -0.05) is 12.1 Å². The molecule has 3 N–H and O–H groups in total. The molecule has 1 saturated heterocycles. The van der Waals surface area contributed by atoms with Crippen molar-refractivity contribution in [1.82, 2.24) is 20.3 Å². The van der Waals surface area contributed by atoms with Crippen molar-refractivity contribution in [1.29, 1.82) is 0 Å². The minimum absolute atomic E-state index is 0.0260. The van der Waals surface area contributed by atoms with Crippen LogP contribution in [0.15, 0.2) is 6.20 Å². The summed E-state index contributed by atoms with van der Waals surface area (Å²) >= 11 is 0. The van der Waals surface area contributed by atoms with E-state index >= 15 is 0 Å². The first kappa shape index (κ1) is 9.61. The van der Waals surface area contributed by atoms with E-state index in [4.69, 9.17) is 5.73 Å². The van der Waals surface area contributed by atoms with Crippen molar-refractivity contribution < 1.29 is 0 Å². The molecule has 1 aliphatic heterocycles. The van der Waals surface area contributed by atoms with Crippen molar-refractivity contribution in [3.8, 4) is 0 Å². The van der Waals surface area contributed by atoms with E-state index in [1.54, 1.807) is 0 Å². The van der Waals surface area contributed by atoms with Crippen molar-refractivity contribution in [3.05, 3.63) is 11.9 Å². The van der Waals surface area contributed by atoms with Gasteiger partial charge in [-0.25, -0.2) is 4.68 Å². The van der Waals surface area contributed by atoms with Crippen LogP contribution in [0, 0.1) is 0 Å². The molecule has 1 aliphatic rings. The molecule has 1 fully saturated rings. The highest BCUT2D eigenvalue weighted by molar-refractivity contribution is 5.00. The molecule has 0 aliphatic carbocycles. The summed E-state index contributed by atoms with van der Waals surface area (Å²) in [4.78, 5) is 0. The van der Waals surface area contributed by atoms with Gasteiger partial charge in [0.2, 0.25) is 0 Å². The van der Waals surface area contributed by atoms with Gasteiger partial charge < -0.3 is 11.1 Å². The lowest BCUT2D eigenvalue weighted by molar-refractivity contribution is 0.476. The molecule has 0 radical (unpaired) electrons. The predicted molar refractivity (Wildman–Crippen MR) is 53.8 cm³/mol. The number of aromatic nitrogens is 3. The molecule has 0 bridgehead atoms.